The fraction of sp³-hybridized carbons (Fsp3) is 0.600. The molecule has 2 rings (SSSR count). The van der Waals surface area contributed by atoms with Gasteiger partial charge in [0.1, 0.15) is 5.75 Å². The number of rotatable bonds is 7. The number of carbonyl (C=O) groups excluding carboxylic acids is 2. The Labute approximate surface area is 156 Å². The SMILES string of the molecule is CCN(CC)C(=O)C[C@@H]1C(=O)NCCN1Cc1ccc(OC)c(C)c1C. The third kappa shape index (κ3) is 4.36. The molecule has 1 aromatic carbocycles. The molecule has 0 aliphatic carbocycles. The van der Waals surface area contributed by atoms with Crippen LogP contribution < -0.4 is 10.1 Å². The molecule has 0 aromatic heterocycles. The van der Waals surface area contributed by atoms with Crippen molar-refractivity contribution in [1.82, 2.24) is 15.1 Å². The predicted octanol–water partition coefficient (Wildman–Crippen LogP) is 1.87. The molecular weight excluding hydrogens is 330 g/mol. The van der Waals surface area contributed by atoms with Crippen molar-refractivity contribution in [2.45, 2.75) is 46.7 Å². The van der Waals surface area contributed by atoms with Crippen molar-refractivity contribution < 1.29 is 14.3 Å². The number of nitrogens with one attached hydrogen (secondary N) is 1. The standard InChI is InChI=1S/C20H31N3O3/c1-6-22(7-2)19(24)12-17-20(25)21-10-11-23(17)13-16-8-9-18(26-5)15(4)14(16)3/h8-9,17H,6-7,10-13H2,1-5H3,(H,21,25)/t17-/m1/s1. The van der Waals surface area contributed by atoms with Crippen LogP contribution in [0.5, 0.6) is 5.75 Å². The van der Waals surface area contributed by atoms with Crippen molar-refractivity contribution in [2.24, 2.45) is 0 Å². The molecule has 1 saturated heterocycles. The Balaban J connectivity index is 2.19. The quantitative estimate of drug-likeness (QED) is 0.805. The lowest BCUT2D eigenvalue weighted by Gasteiger charge is -2.36. The summed E-state index contributed by atoms with van der Waals surface area (Å²) in [5, 5.41) is 2.90. The van der Waals surface area contributed by atoms with E-state index in [9.17, 15) is 9.59 Å². The summed E-state index contributed by atoms with van der Waals surface area (Å²) in [6.07, 6.45) is 0.224. The van der Waals surface area contributed by atoms with Gasteiger partial charge in [0.25, 0.3) is 0 Å². The molecule has 26 heavy (non-hydrogen) atoms. The average molecular weight is 361 g/mol. The molecule has 2 amide bonds. The first-order chi connectivity index (χ1) is 12.4. The summed E-state index contributed by atoms with van der Waals surface area (Å²) in [5.74, 6) is 0.847. The summed E-state index contributed by atoms with van der Waals surface area (Å²) >= 11 is 0. The molecule has 0 spiro atoms. The number of ether oxygens (including phenoxy) is 1. The van der Waals surface area contributed by atoms with Gasteiger partial charge in [0.2, 0.25) is 11.8 Å². The van der Waals surface area contributed by atoms with E-state index in [1.165, 1.54) is 11.1 Å². The third-order valence-electron chi connectivity index (χ3n) is 5.37. The van der Waals surface area contributed by atoms with Crippen LogP contribution in [0.15, 0.2) is 12.1 Å². The molecule has 6 heteroatoms. The molecule has 1 atom stereocenters. The van der Waals surface area contributed by atoms with Crippen LogP contribution in [0.1, 0.15) is 37.0 Å². The molecule has 0 unspecified atom stereocenters. The highest BCUT2D eigenvalue weighted by Crippen LogP contribution is 2.26. The molecule has 144 valence electrons. The maximum Gasteiger partial charge on any atom is 0.237 e. The molecule has 1 aromatic rings. The molecule has 1 aliphatic rings. The Morgan fingerprint density at radius 3 is 2.58 bits per heavy atom. The van der Waals surface area contributed by atoms with Gasteiger partial charge in [-0.15, -0.1) is 0 Å². The highest BCUT2D eigenvalue weighted by Gasteiger charge is 2.32. The van der Waals surface area contributed by atoms with E-state index in [1.54, 1.807) is 12.0 Å². The summed E-state index contributed by atoms with van der Waals surface area (Å²) in [6, 6.07) is 3.60. The second-order valence-corrected chi connectivity index (χ2v) is 6.72. The number of amides is 2. The van der Waals surface area contributed by atoms with Gasteiger partial charge in [-0.05, 0) is 50.5 Å². The van der Waals surface area contributed by atoms with Gasteiger partial charge in [-0.1, -0.05) is 6.07 Å². The smallest absolute Gasteiger partial charge is 0.237 e. The number of carbonyl (C=O) groups is 2. The van der Waals surface area contributed by atoms with E-state index in [2.05, 4.69) is 23.2 Å². The Morgan fingerprint density at radius 2 is 1.96 bits per heavy atom. The van der Waals surface area contributed by atoms with E-state index in [1.807, 2.05) is 26.8 Å². The summed E-state index contributed by atoms with van der Waals surface area (Å²) < 4.78 is 5.38. The van der Waals surface area contributed by atoms with Crippen molar-refractivity contribution in [3.8, 4) is 5.75 Å². The molecule has 0 saturated carbocycles. The van der Waals surface area contributed by atoms with Gasteiger partial charge >= 0.3 is 0 Å². The summed E-state index contributed by atoms with van der Waals surface area (Å²) in [4.78, 5) is 28.9. The second kappa shape index (κ2) is 9.03. The summed E-state index contributed by atoms with van der Waals surface area (Å²) in [6.45, 7) is 11.4. The van der Waals surface area contributed by atoms with Gasteiger partial charge in [-0.2, -0.15) is 0 Å². The van der Waals surface area contributed by atoms with Crippen LogP contribution in [-0.4, -0.2) is 60.9 Å². The number of hydrogen-bond acceptors (Lipinski definition) is 4. The number of methoxy groups -OCH3 is 1. The van der Waals surface area contributed by atoms with Crippen LogP contribution in [0.25, 0.3) is 0 Å². The Bertz CT molecular complexity index is 656. The first kappa shape index (κ1) is 20.2. The largest absolute Gasteiger partial charge is 0.496 e. The normalized spacial score (nSPS) is 17.7. The number of piperazine rings is 1. The highest BCUT2D eigenvalue weighted by atomic mass is 16.5. The second-order valence-electron chi connectivity index (χ2n) is 6.72. The van der Waals surface area contributed by atoms with Gasteiger partial charge in [-0.3, -0.25) is 14.5 Å². The van der Waals surface area contributed by atoms with Crippen LogP contribution >= 0.6 is 0 Å². The minimum atomic E-state index is -0.418. The number of hydrogen-bond donors (Lipinski definition) is 1. The van der Waals surface area contributed by atoms with Gasteiger partial charge < -0.3 is 15.0 Å². The molecule has 0 bridgehead atoms. The summed E-state index contributed by atoms with van der Waals surface area (Å²) in [7, 11) is 1.67. The fourth-order valence-corrected chi connectivity index (χ4v) is 3.51. The molecule has 6 nitrogen and oxygen atoms in total. The van der Waals surface area contributed by atoms with Gasteiger partial charge in [-0.25, -0.2) is 0 Å². The van der Waals surface area contributed by atoms with Crippen molar-refractivity contribution >= 4 is 11.8 Å². The third-order valence-corrected chi connectivity index (χ3v) is 5.37. The van der Waals surface area contributed by atoms with E-state index < -0.39 is 6.04 Å². The fourth-order valence-electron chi connectivity index (χ4n) is 3.51. The molecular formula is C20H31N3O3. The molecule has 1 fully saturated rings. The first-order valence-corrected chi connectivity index (χ1v) is 9.35. The minimum Gasteiger partial charge on any atom is -0.496 e. The van der Waals surface area contributed by atoms with Crippen molar-refractivity contribution in [1.29, 1.82) is 0 Å². The van der Waals surface area contributed by atoms with Gasteiger partial charge in [0, 0.05) is 32.7 Å². The first-order valence-electron chi connectivity index (χ1n) is 9.35. The van der Waals surface area contributed by atoms with Crippen LogP contribution in [0.3, 0.4) is 0 Å². The van der Waals surface area contributed by atoms with Crippen molar-refractivity contribution in [3.05, 3.63) is 28.8 Å². The van der Waals surface area contributed by atoms with E-state index >= 15 is 0 Å². The predicted molar refractivity (Wildman–Crippen MR) is 102 cm³/mol. The molecule has 1 heterocycles. The zero-order valence-electron chi connectivity index (χ0n) is 16.6. The topological polar surface area (TPSA) is 61.9 Å². The minimum absolute atomic E-state index is 0.0321. The van der Waals surface area contributed by atoms with Gasteiger partial charge in [0.05, 0.1) is 19.6 Å². The molecule has 0 radical (unpaired) electrons. The zero-order valence-corrected chi connectivity index (χ0v) is 16.6. The molecule has 1 aliphatic heterocycles. The number of nitrogens with zero attached hydrogens (tertiary/aromatic N) is 2. The van der Waals surface area contributed by atoms with E-state index in [4.69, 9.17) is 4.74 Å². The Hall–Kier alpha value is -2.08. The van der Waals surface area contributed by atoms with Crippen LogP contribution in [0, 0.1) is 13.8 Å². The zero-order chi connectivity index (χ0) is 19.3. The van der Waals surface area contributed by atoms with Crippen LogP contribution in [-0.2, 0) is 16.1 Å². The van der Waals surface area contributed by atoms with E-state index in [0.717, 1.165) is 17.9 Å². The maximum absolute atomic E-state index is 12.5. The van der Waals surface area contributed by atoms with E-state index in [0.29, 0.717) is 26.2 Å². The average Bonchev–Trinajstić information content (AvgIpc) is 2.63. The highest BCUT2D eigenvalue weighted by molar-refractivity contribution is 5.88. The lowest BCUT2D eigenvalue weighted by Crippen LogP contribution is -2.56. The van der Waals surface area contributed by atoms with Crippen molar-refractivity contribution in [2.75, 3.05) is 33.3 Å². The van der Waals surface area contributed by atoms with Crippen LogP contribution in [0.4, 0.5) is 0 Å². The summed E-state index contributed by atoms with van der Waals surface area (Å²) in [5.41, 5.74) is 3.45. The van der Waals surface area contributed by atoms with E-state index in [-0.39, 0.29) is 18.2 Å². The number of benzene rings is 1. The van der Waals surface area contributed by atoms with Crippen molar-refractivity contribution in [3.63, 3.8) is 0 Å². The lowest BCUT2D eigenvalue weighted by molar-refractivity contribution is -0.138. The van der Waals surface area contributed by atoms with Crippen LogP contribution in [0.2, 0.25) is 0 Å². The Morgan fingerprint density at radius 1 is 1.27 bits per heavy atom. The Kier molecular flexibility index (Phi) is 7.03. The maximum atomic E-state index is 12.5. The monoisotopic (exact) mass is 361 g/mol. The lowest BCUT2D eigenvalue weighted by atomic mass is 10.00. The van der Waals surface area contributed by atoms with Gasteiger partial charge in [0.15, 0.2) is 0 Å². The molecule has 1 N–H and O–H groups in total.